The zero-order chi connectivity index (χ0) is 9.68. The molecule has 72 valence electrons. The van der Waals surface area contributed by atoms with E-state index in [2.05, 4.69) is 15.3 Å². The van der Waals surface area contributed by atoms with E-state index in [9.17, 15) is 0 Å². The Kier molecular flexibility index (Phi) is 3.64. The van der Waals surface area contributed by atoms with E-state index in [4.69, 9.17) is 5.73 Å². The highest BCUT2D eigenvalue weighted by Crippen LogP contribution is 1.98. The van der Waals surface area contributed by atoms with Gasteiger partial charge in [0, 0.05) is 25.0 Å². The monoisotopic (exact) mass is 180 g/mol. The third-order valence-electron chi connectivity index (χ3n) is 1.66. The average Bonchev–Trinajstić information content (AvgIpc) is 2.08. The van der Waals surface area contributed by atoms with Crippen LogP contribution in [0.1, 0.15) is 18.9 Å². The molecule has 0 radical (unpaired) electrons. The second kappa shape index (κ2) is 4.77. The van der Waals surface area contributed by atoms with E-state index in [0.717, 1.165) is 18.5 Å². The summed E-state index contributed by atoms with van der Waals surface area (Å²) in [5, 5.41) is 3.10. The number of nitrogens with two attached hydrogens (primary N) is 1. The number of rotatable bonds is 4. The number of anilines is 1. The van der Waals surface area contributed by atoms with Crippen molar-refractivity contribution in [1.29, 1.82) is 0 Å². The number of nitrogens with one attached hydrogen (secondary N) is 1. The van der Waals surface area contributed by atoms with Gasteiger partial charge in [0.25, 0.3) is 0 Å². The molecule has 0 saturated carbocycles. The first kappa shape index (κ1) is 9.92. The first-order valence-corrected chi connectivity index (χ1v) is 4.46. The van der Waals surface area contributed by atoms with Crippen LogP contribution in [0, 0.1) is 6.92 Å². The van der Waals surface area contributed by atoms with Crippen LogP contribution >= 0.6 is 0 Å². The number of hydrogen-bond donors (Lipinski definition) is 2. The Morgan fingerprint density at radius 3 is 2.62 bits per heavy atom. The first-order chi connectivity index (χ1) is 6.18. The number of aryl methyl sites for hydroxylation is 1. The Morgan fingerprint density at radius 2 is 2.08 bits per heavy atom. The number of hydrogen-bond acceptors (Lipinski definition) is 4. The third-order valence-corrected chi connectivity index (χ3v) is 1.66. The summed E-state index contributed by atoms with van der Waals surface area (Å²) in [7, 11) is 0. The van der Waals surface area contributed by atoms with Gasteiger partial charge in [-0.2, -0.15) is 0 Å². The summed E-state index contributed by atoms with van der Waals surface area (Å²) in [5.41, 5.74) is 6.67. The van der Waals surface area contributed by atoms with Gasteiger partial charge in [0.15, 0.2) is 0 Å². The van der Waals surface area contributed by atoms with E-state index in [1.807, 2.05) is 13.8 Å². The summed E-state index contributed by atoms with van der Waals surface area (Å²) >= 11 is 0. The molecule has 0 spiro atoms. The van der Waals surface area contributed by atoms with E-state index < -0.39 is 0 Å². The highest BCUT2D eigenvalue weighted by Gasteiger charge is 1.96. The highest BCUT2D eigenvalue weighted by atomic mass is 15.1. The van der Waals surface area contributed by atoms with Crippen LogP contribution in [0.15, 0.2) is 12.4 Å². The molecule has 0 aliphatic heterocycles. The molecule has 0 fully saturated rings. The van der Waals surface area contributed by atoms with Crippen LogP contribution in [0.5, 0.6) is 0 Å². The standard InChI is InChI=1S/C9H16N4/c1-7-5-12-9(13-6-7)11-4-3-8(2)10/h5-6,8H,3-4,10H2,1-2H3,(H,11,12,13). The predicted molar refractivity (Wildman–Crippen MR) is 53.5 cm³/mol. The van der Waals surface area contributed by atoms with Crippen molar-refractivity contribution in [2.75, 3.05) is 11.9 Å². The minimum atomic E-state index is 0.220. The summed E-state index contributed by atoms with van der Waals surface area (Å²) in [4.78, 5) is 8.22. The molecule has 0 amide bonds. The molecule has 0 aliphatic carbocycles. The molecule has 1 aromatic rings. The molecule has 0 aromatic carbocycles. The summed E-state index contributed by atoms with van der Waals surface area (Å²) in [6, 6.07) is 0.220. The topological polar surface area (TPSA) is 63.8 Å². The van der Waals surface area contributed by atoms with Crippen molar-refractivity contribution in [3.8, 4) is 0 Å². The largest absolute Gasteiger partial charge is 0.354 e. The van der Waals surface area contributed by atoms with Gasteiger partial charge in [0.2, 0.25) is 5.95 Å². The zero-order valence-corrected chi connectivity index (χ0v) is 8.12. The maximum absolute atomic E-state index is 5.60. The van der Waals surface area contributed by atoms with Gasteiger partial charge in [-0.3, -0.25) is 0 Å². The predicted octanol–water partition coefficient (Wildman–Crippen LogP) is 0.934. The van der Waals surface area contributed by atoms with Gasteiger partial charge in [0.1, 0.15) is 0 Å². The Morgan fingerprint density at radius 1 is 1.46 bits per heavy atom. The van der Waals surface area contributed by atoms with Crippen molar-refractivity contribution in [2.45, 2.75) is 26.3 Å². The molecule has 1 aromatic heterocycles. The Labute approximate surface area is 78.6 Å². The van der Waals surface area contributed by atoms with Crippen LogP contribution in [0.4, 0.5) is 5.95 Å². The molecule has 0 bridgehead atoms. The lowest BCUT2D eigenvalue weighted by atomic mass is 10.2. The van der Waals surface area contributed by atoms with E-state index in [1.54, 1.807) is 12.4 Å². The van der Waals surface area contributed by atoms with Gasteiger partial charge in [-0.05, 0) is 25.8 Å². The Balaban J connectivity index is 2.33. The SMILES string of the molecule is Cc1cnc(NCCC(C)N)nc1. The van der Waals surface area contributed by atoms with Crippen molar-refractivity contribution in [3.05, 3.63) is 18.0 Å². The summed E-state index contributed by atoms with van der Waals surface area (Å²) in [5.74, 6) is 0.672. The highest BCUT2D eigenvalue weighted by molar-refractivity contribution is 5.23. The fourth-order valence-corrected chi connectivity index (χ4v) is 0.896. The van der Waals surface area contributed by atoms with Crippen LogP contribution < -0.4 is 11.1 Å². The zero-order valence-electron chi connectivity index (χ0n) is 8.12. The van der Waals surface area contributed by atoms with Crippen LogP contribution in [-0.4, -0.2) is 22.6 Å². The van der Waals surface area contributed by atoms with Crippen molar-refractivity contribution in [2.24, 2.45) is 5.73 Å². The molecule has 4 heteroatoms. The minimum Gasteiger partial charge on any atom is -0.354 e. The van der Waals surface area contributed by atoms with E-state index in [-0.39, 0.29) is 6.04 Å². The summed E-state index contributed by atoms with van der Waals surface area (Å²) < 4.78 is 0. The van der Waals surface area contributed by atoms with Crippen LogP contribution in [0.3, 0.4) is 0 Å². The van der Waals surface area contributed by atoms with Crippen molar-refractivity contribution >= 4 is 5.95 Å². The third kappa shape index (κ3) is 3.85. The summed E-state index contributed by atoms with van der Waals surface area (Å²) in [6.07, 6.45) is 4.51. The van der Waals surface area contributed by atoms with Gasteiger partial charge < -0.3 is 11.1 Å². The smallest absolute Gasteiger partial charge is 0.222 e. The molecule has 1 heterocycles. The van der Waals surface area contributed by atoms with Gasteiger partial charge in [0.05, 0.1) is 0 Å². The molecule has 1 atom stereocenters. The fourth-order valence-electron chi connectivity index (χ4n) is 0.896. The quantitative estimate of drug-likeness (QED) is 0.723. The normalized spacial score (nSPS) is 12.5. The van der Waals surface area contributed by atoms with Gasteiger partial charge in [-0.15, -0.1) is 0 Å². The summed E-state index contributed by atoms with van der Waals surface area (Å²) in [6.45, 7) is 4.77. The van der Waals surface area contributed by atoms with Crippen molar-refractivity contribution in [1.82, 2.24) is 9.97 Å². The molecule has 3 N–H and O–H groups in total. The molecule has 1 unspecified atom stereocenters. The van der Waals surface area contributed by atoms with Crippen molar-refractivity contribution < 1.29 is 0 Å². The minimum absolute atomic E-state index is 0.220. The molecule has 1 rings (SSSR count). The lowest BCUT2D eigenvalue weighted by Crippen LogP contribution is -2.19. The van der Waals surface area contributed by atoms with E-state index >= 15 is 0 Å². The van der Waals surface area contributed by atoms with E-state index in [1.165, 1.54) is 0 Å². The molecule has 4 nitrogen and oxygen atoms in total. The second-order valence-electron chi connectivity index (χ2n) is 3.28. The van der Waals surface area contributed by atoms with Crippen LogP contribution in [-0.2, 0) is 0 Å². The molecule has 0 saturated heterocycles. The lowest BCUT2D eigenvalue weighted by molar-refractivity contribution is 0.688. The average molecular weight is 180 g/mol. The fraction of sp³-hybridized carbons (Fsp3) is 0.556. The van der Waals surface area contributed by atoms with Crippen LogP contribution in [0.25, 0.3) is 0 Å². The molecular weight excluding hydrogens is 164 g/mol. The van der Waals surface area contributed by atoms with Gasteiger partial charge in [-0.25, -0.2) is 9.97 Å². The molecule has 13 heavy (non-hydrogen) atoms. The second-order valence-corrected chi connectivity index (χ2v) is 3.28. The maximum Gasteiger partial charge on any atom is 0.222 e. The number of nitrogens with zero attached hydrogens (tertiary/aromatic N) is 2. The van der Waals surface area contributed by atoms with Crippen LogP contribution in [0.2, 0.25) is 0 Å². The van der Waals surface area contributed by atoms with Crippen molar-refractivity contribution in [3.63, 3.8) is 0 Å². The first-order valence-electron chi connectivity index (χ1n) is 4.46. The van der Waals surface area contributed by atoms with Gasteiger partial charge in [-0.1, -0.05) is 0 Å². The molecule has 0 aliphatic rings. The Bertz CT molecular complexity index is 242. The Hall–Kier alpha value is -1.16. The maximum atomic E-state index is 5.60. The van der Waals surface area contributed by atoms with E-state index in [0.29, 0.717) is 5.95 Å². The van der Waals surface area contributed by atoms with Gasteiger partial charge >= 0.3 is 0 Å². The lowest BCUT2D eigenvalue weighted by Gasteiger charge is -2.06. The number of aromatic nitrogens is 2. The molecular formula is C9H16N4.